The van der Waals surface area contributed by atoms with Crippen LogP contribution < -0.4 is 0 Å². The Labute approximate surface area is 118 Å². The lowest BCUT2D eigenvalue weighted by Gasteiger charge is -2.11. The third kappa shape index (κ3) is 3.29. The highest BCUT2D eigenvalue weighted by molar-refractivity contribution is 6.30. The summed E-state index contributed by atoms with van der Waals surface area (Å²) in [6, 6.07) is 15.4. The van der Waals surface area contributed by atoms with Gasteiger partial charge in [0.25, 0.3) is 0 Å². The molecule has 0 aliphatic rings. The van der Waals surface area contributed by atoms with Crippen LogP contribution in [0.1, 0.15) is 17.0 Å². The Morgan fingerprint density at radius 3 is 2.28 bits per heavy atom. The van der Waals surface area contributed by atoms with Crippen LogP contribution in [0, 0.1) is 12.3 Å². The molecule has 2 aromatic carbocycles. The van der Waals surface area contributed by atoms with E-state index in [0.717, 1.165) is 22.6 Å². The number of benzene rings is 2. The van der Waals surface area contributed by atoms with Gasteiger partial charge in [0.2, 0.25) is 0 Å². The van der Waals surface area contributed by atoms with Gasteiger partial charge < -0.3 is 0 Å². The molecule has 1 atom stereocenters. The number of rotatable bonds is 3. The van der Waals surface area contributed by atoms with Crippen molar-refractivity contribution < 1.29 is 0 Å². The van der Waals surface area contributed by atoms with Crippen molar-refractivity contribution in [2.75, 3.05) is 0 Å². The summed E-state index contributed by atoms with van der Waals surface area (Å²) >= 11 is 12.0. The Bertz CT molecular complexity index is 582. The summed E-state index contributed by atoms with van der Waals surface area (Å²) in [6.07, 6.45) is 6.38. The first-order chi connectivity index (χ1) is 8.69. The Morgan fingerprint density at radius 1 is 1.00 bits per heavy atom. The lowest BCUT2D eigenvalue weighted by atomic mass is 9.93. The molecule has 0 saturated heterocycles. The van der Waals surface area contributed by atoms with E-state index in [1.165, 1.54) is 0 Å². The average Bonchev–Trinajstić information content (AvgIpc) is 2.36. The van der Waals surface area contributed by atoms with E-state index in [9.17, 15) is 0 Å². The summed E-state index contributed by atoms with van der Waals surface area (Å²) in [6.45, 7) is 0. The summed E-state index contributed by atoms with van der Waals surface area (Å²) in [7, 11) is 0. The van der Waals surface area contributed by atoms with Crippen molar-refractivity contribution in [3.05, 3.63) is 69.7 Å². The quantitative estimate of drug-likeness (QED) is 0.695. The van der Waals surface area contributed by atoms with Crippen LogP contribution in [0.25, 0.3) is 0 Å². The van der Waals surface area contributed by atoms with E-state index in [-0.39, 0.29) is 5.92 Å². The Kier molecular flexibility index (Phi) is 4.31. The zero-order valence-electron chi connectivity index (χ0n) is 9.74. The summed E-state index contributed by atoms with van der Waals surface area (Å²) < 4.78 is 0. The van der Waals surface area contributed by atoms with Crippen molar-refractivity contribution in [2.24, 2.45) is 0 Å². The second-order valence-corrected chi connectivity index (χ2v) is 4.98. The smallest absolute Gasteiger partial charge is 0.0490 e. The minimum Gasteiger partial charge on any atom is -0.119 e. The van der Waals surface area contributed by atoms with E-state index in [2.05, 4.69) is 5.92 Å². The van der Waals surface area contributed by atoms with Crippen LogP contribution in [-0.4, -0.2) is 0 Å². The van der Waals surface area contributed by atoms with Gasteiger partial charge in [-0.1, -0.05) is 53.4 Å². The molecule has 90 valence electrons. The van der Waals surface area contributed by atoms with Crippen molar-refractivity contribution in [1.82, 2.24) is 0 Å². The topological polar surface area (TPSA) is 0 Å². The van der Waals surface area contributed by atoms with Gasteiger partial charge in [-0.25, -0.2) is 0 Å². The lowest BCUT2D eigenvalue weighted by molar-refractivity contribution is 0.863. The maximum Gasteiger partial charge on any atom is 0.0490 e. The Balaban J connectivity index is 2.23. The highest BCUT2D eigenvalue weighted by Crippen LogP contribution is 2.24. The first-order valence-corrected chi connectivity index (χ1v) is 6.40. The molecule has 0 aliphatic carbocycles. The Morgan fingerprint density at radius 2 is 1.67 bits per heavy atom. The molecule has 0 N–H and O–H groups in total. The minimum absolute atomic E-state index is 0.0159. The van der Waals surface area contributed by atoms with Gasteiger partial charge >= 0.3 is 0 Å². The molecule has 2 aromatic rings. The lowest BCUT2D eigenvalue weighted by Crippen LogP contribution is -2.00. The minimum atomic E-state index is 0.0159. The van der Waals surface area contributed by atoms with E-state index in [4.69, 9.17) is 29.6 Å². The molecule has 0 aliphatic heterocycles. The third-order valence-electron chi connectivity index (χ3n) is 2.78. The normalized spacial score (nSPS) is 11.8. The Hall–Kier alpha value is -1.42. The van der Waals surface area contributed by atoms with E-state index in [0.29, 0.717) is 5.02 Å². The first kappa shape index (κ1) is 13.0. The van der Waals surface area contributed by atoms with Crippen LogP contribution in [0.3, 0.4) is 0 Å². The third-order valence-corrected chi connectivity index (χ3v) is 3.25. The maximum atomic E-state index is 5.98. The maximum absolute atomic E-state index is 5.98. The van der Waals surface area contributed by atoms with Crippen LogP contribution in [0.2, 0.25) is 10.0 Å². The van der Waals surface area contributed by atoms with Gasteiger partial charge in [0.05, 0.1) is 0 Å². The van der Waals surface area contributed by atoms with Crippen molar-refractivity contribution in [3.63, 3.8) is 0 Å². The molecular weight excluding hydrogens is 263 g/mol. The van der Waals surface area contributed by atoms with E-state index >= 15 is 0 Å². The van der Waals surface area contributed by atoms with Crippen LogP contribution in [0.4, 0.5) is 0 Å². The van der Waals surface area contributed by atoms with Crippen molar-refractivity contribution in [2.45, 2.75) is 12.3 Å². The molecule has 0 aromatic heterocycles. The van der Waals surface area contributed by atoms with Crippen LogP contribution in [-0.2, 0) is 6.42 Å². The van der Waals surface area contributed by atoms with Gasteiger partial charge in [0, 0.05) is 16.0 Å². The molecule has 2 rings (SSSR count). The SMILES string of the molecule is C#CC(Cc1cccc(Cl)c1)c1cccc(Cl)c1. The van der Waals surface area contributed by atoms with Crippen LogP contribution >= 0.6 is 23.2 Å². The van der Waals surface area contributed by atoms with Crippen molar-refractivity contribution in [3.8, 4) is 12.3 Å². The number of hydrogen-bond acceptors (Lipinski definition) is 0. The van der Waals surface area contributed by atoms with Crippen molar-refractivity contribution in [1.29, 1.82) is 0 Å². The van der Waals surface area contributed by atoms with Gasteiger partial charge in [-0.05, 0) is 41.8 Å². The summed E-state index contributed by atoms with van der Waals surface area (Å²) in [4.78, 5) is 0. The summed E-state index contributed by atoms with van der Waals surface area (Å²) in [5, 5.41) is 1.44. The largest absolute Gasteiger partial charge is 0.119 e. The van der Waals surface area contributed by atoms with E-state index in [1.807, 2.05) is 48.5 Å². The van der Waals surface area contributed by atoms with Gasteiger partial charge in [0.1, 0.15) is 0 Å². The van der Waals surface area contributed by atoms with Crippen LogP contribution in [0.5, 0.6) is 0 Å². The molecule has 0 saturated carbocycles. The first-order valence-electron chi connectivity index (χ1n) is 5.65. The fourth-order valence-corrected chi connectivity index (χ4v) is 2.31. The molecule has 2 heteroatoms. The number of hydrogen-bond donors (Lipinski definition) is 0. The molecule has 0 spiro atoms. The molecule has 0 amide bonds. The summed E-state index contributed by atoms with van der Waals surface area (Å²) in [5.74, 6) is 2.83. The monoisotopic (exact) mass is 274 g/mol. The fraction of sp³-hybridized carbons (Fsp3) is 0.125. The van der Waals surface area contributed by atoms with Crippen LogP contribution in [0.15, 0.2) is 48.5 Å². The number of halogens is 2. The van der Waals surface area contributed by atoms with Crippen molar-refractivity contribution >= 4 is 23.2 Å². The van der Waals surface area contributed by atoms with Gasteiger partial charge in [0.15, 0.2) is 0 Å². The molecule has 0 nitrogen and oxygen atoms in total. The molecule has 0 heterocycles. The molecule has 0 bridgehead atoms. The standard InChI is InChI=1S/C16H12Cl2/c1-2-13(14-6-4-8-16(18)11-14)9-12-5-3-7-15(17)10-12/h1,3-8,10-11,13H,9H2. The fourth-order valence-electron chi connectivity index (χ4n) is 1.90. The predicted molar refractivity (Wildman–Crippen MR) is 78.2 cm³/mol. The average molecular weight is 275 g/mol. The predicted octanol–water partition coefficient (Wildman–Crippen LogP) is 4.95. The summed E-state index contributed by atoms with van der Waals surface area (Å²) in [5.41, 5.74) is 2.19. The number of terminal acetylenes is 1. The zero-order chi connectivity index (χ0) is 13.0. The molecule has 0 radical (unpaired) electrons. The van der Waals surface area contributed by atoms with Gasteiger partial charge in [-0.3, -0.25) is 0 Å². The molecule has 0 fully saturated rings. The van der Waals surface area contributed by atoms with E-state index < -0.39 is 0 Å². The molecule has 18 heavy (non-hydrogen) atoms. The second kappa shape index (κ2) is 5.96. The second-order valence-electron chi connectivity index (χ2n) is 4.11. The highest BCUT2D eigenvalue weighted by atomic mass is 35.5. The highest BCUT2D eigenvalue weighted by Gasteiger charge is 2.10. The van der Waals surface area contributed by atoms with Gasteiger partial charge in [-0.15, -0.1) is 6.42 Å². The molecular formula is C16H12Cl2. The molecule has 1 unspecified atom stereocenters. The van der Waals surface area contributed by atoms with E-state index in [1.54, 1.807) is 0 Å². The zero-order valence-corrected chi connectivity index (χ0v) is 11.2. The van der Waals surface area contributed by atoms with Gasteiger partial charge in [-0.2, -0.15) is 0 Å².